The minimum Gasteiger partial charge on any atom is -0.456 e. The standard InChI is InChI=1S/C72H123N2O7P/c1-7-10-13-16-19-22-25-28-30-32-33-34-35-36-37-38-39-40-41-42-44-47-50-53-56-59-62-65-72(76)81-70(63-60-57-54-51-48-45-27-24-21-18-15-12-9-3)69(68-80-82(77,78)79-67-66-74(4,5)6)73-71(75)64-61-58-55-52-49-46-43-31-29-26-23-20-17-14-11-8-2/h10-11,13-14,19-20,22-23,28-31,33-34,36-37,39-40,46,49,60,63,69-70H,7-9,12,15-18,21,24-27,32,35,38,41-45,47-48,50-59,61-62,64-68H2,1-6H3,(H-,73,75,77,78)/p+1/b13-10-,14-11+,22-19-,23-20+,30-28-,31-29+,34-33-,37-36-,40-39-,49-46+,63-60-. The summed E-state index contributed by atoms with van der Waals surface area (Å²) in [6, 6.07) is -0.878. The van der Waals surface area contributed by atoms with Gasteiger partial charge >= 0.3 is 13.8 Å². The van der Waals surface area contributed by atoms with Crippen LogP contribution in [-0.2, 0) is 27.9 Å². The molecule has 0 rings (SSSR count). The van der Waals surface area contributed by atoms with Crippen molar-refractivity contribution < 1.29 is 37.3 Å². The van der Waals surface area contributed by atoms with Crippen LogP contribution in [0.5, 0.6) is 0 Å². The number of rotatable bonds is 58. The summed E-state index contributed by atoms with van der Waals surface area (Å²) in [7, 11) is 1.45. The first-order valence-electron chi connectivity index (χ1n) is 33.0. The van der Waals surface area contributed by atoms with Gasteiger partial charge in [-0.1, -0.05) is 258 Å². The van der Waals surface area contributed by atoms with E-state index in [0.717, 1.165) is 135 Å². The van der Waals surface area contributed by atoms with Crippen LogP contribution in [-0.4, -0.2) is 74.3 Å². The van der Waals surface area contributed by atoms with Crippen molar-refractivity contribution in [1.29, 1.82) is 0 Å². The van der Waals surface area contributed by atoms with Crippen LogP contribution in [0.3, 0.4) is 0 Å². The van der Waals surface area contributed by atoms with Gasteiger partial charge in [0.2, 0.25) is 5.91 Å². The van der Waals surface area contributed by atoms with Crippen LogP contribution < -0.4 is 5.32 Å². The van der Waals surface area contributed by atoms with Gasteiger partial charge in [0.25, 0.3) is 0 Å². The number of hydrogen-bond donors (Lipinski definition) is 2. The molecule has 0 aromatic carbocycles. The normalized spacial score (nSPS) is 14.5. The molecule has 0 aliphatic heterocycles. The van der Waals surface area contributed by atoms with E-state index in [-0.39, 0.29) is 37.9 Å². The van der Waals surface area contributed by atoms with Crippen LogP contribution in [0, 0.1) is 0 Å². The van der Waals surface area contributed by atoms with Gasteiger partial charge in [-0.25, -0.2) is 4.57 Å². The summed E-state index contributed by atoms with van der Waals surface area (Å²) in [4.78, 5) is 37.8. The van der Waals surface area contributed by atoms with Crippen LogP contribution in [0.2, 0.25) is 0 Å². The molecule has 3 atom stereocenters. The van der Waals surface area contributed by atoms with Crippen molar-refractivity contribution in [3.63, 3.8) is 0 Å². The van der Waals surface area contributed by atoms with Crippen molar-refractivity contribution in [3.8, 4) is 0 Å². The third kappa shape index (κ3) is 60.7. The second-order valence-electron chi connectivity index (χ2n) is 22.9. The van der Waals surface area contributed by atoms with Crippen molar-refractivity contribution in [2.45, 2.75) is 270 Å². The summed E-state index contributed by atoms with van der Waals surface area (Å²) in [5, 5.41) is 3.04. The molecule has 468 valence electrons. The van der Waals surface area contributed by atoms with E-state index in [1.807, 2.05) is 33.3 Å². The zero-order valence-electron chi connectivity index (χ0n) is 53.4. The van der Waals surface area contributed by atoms with Crippen molar-refractivity contribution in [2.75, 3.05) is 40.9 Å². The van der Waals surface area contributed by atoms with Gasteiger partial charge in [-0.15, -0.1) is 0 Å². The number of carbonyl (C=O) groups excluding carboxylic acids is 2. The monoisotopic (exact) mass is 1160 g/mol. The number of hydrogen-bond acceptors (Lipinski definition) is 6. The summed E-state index contributed by atoms with van der Waals surface area (Å²) in [5.41, 5.74) is 0. The molecule has 2 N–H and O–H groups in total. The Morgan fingerprint density at radius 1 is 0.439 bits per heavy atom. The minimum atomic E-state index is -4.47. The van der Waals surface area contributed by atoms with E-state index in [1.54, 1.807) is 0 Å². The fraction of sp³-hybridized carbons (Fsp3) is 0.667. The Bertz CT molecular complexity index is 1860. The van der Waals surface area contributed by atoms with E-state index in [4.69, 9.17) is 13.8 Å². The molecule has 82 heavy (non-hydrogen) atoms. The molecular weight excluding hydrogens is 1040 g/mol. The molecule has 0 aromatic rings. The number of carbonyl (C=O) groups is 2. The number of allylic oxidation sites excluding steroid dienone is 21. The van der Waals surface area contributed by atoms with Crippen molar-refractivity contribution in [2.24, 2.45) is 0 Å². The van der Waals surface area contributed by atoms with Gasteiger partial charge < -0.3 is 19.4 Å². The Morgan fingerprint density at radius 3 is 1.18 bits per heavy atom. The number of quaternary nitrogens is 1. The topological polar surface area (TPSA) is 111 Å². The number of phosphoric ester groups is 1. The second-order valence-corrected chi connectivity index (χ2v) is 24.3. The van der Waals surface area contributed by atoms with E-state index in [9.17, 15) is 19.0 Å². The van der Waals surface area contributed by atoms with E-state index in [1.165, 1.54) is 83.5 Å². The second kappa shape index (κ2) is 60.3. The number of nitrogens with zero attached hydrogens (tertiary/aromatic N) is 1. The van der Waals surface area contributed by atoms with Gasteiger partial charge in [-0.3, -0.25) is 18.6 Å². The van der Waals surface area contributed by atoms with Crippen molar-refractivity contribution in [3.05, 3.63) is 134 Å². The Labute approximate surface area is 505 Å². The average Bonchev–Trinajstić information content (AvgIpc) is 3.45. The Morgan fingerprint density at radius 2 is 0.780 bits per heavy atom. The molecule has 0 heterocycles. The molecule has 10 heteroatoms. The van der Waals surface area contributed by atoms with Crippen LogP contribution in [0.1, 0.15) is 258 Å². The summed E-state index contributed by atoms with van der Waals surface area (Å²) in [6.07, 6.45) is 86.0. The van der Waals surface area contributed by atoms with E-state index in [2.05, 4.69) is 148 Å². The highest BCUT2D eigenvalue weighted by molar-refractivity contribution is 7.47. The zero-order chi connectivity index (χ0) is 60.0. The number of amides is 1. The average molecular weight is 1160 g/mol. The zero-order valence-corrected chi connectivity index (χ0v) is 54.3. The third-order valence-electron chi connectivity index (χ3n) is 13.8. The molecule has 0 fully saturated rings. The van der Waals surface area contributed by atoms with Gasteiger partial charge in [0.15, 0.2) is 0 Å². The Hall–Kier alpha value is -3.85. The lowest BCUT2D eigenvalue weighted by Crippen LogP contribution is -2.47. The van der Waals surface area contributed by atoms with Gasteiger partial charge in [0, 0.05) is 12.8 Å². The van der Waals surface area contributed by atoms with Crippen LogP contribution >= 0.6 is 7.82 Å². The SMILES string of the molecule is CC/C=C\C/C=C\C/C=C\C/C=C\C/C=C\C/C=C\CCCCCCCCCCC(=O)OC(/C=C\CCCCCCCCCCCCC)C(COP(=O)(O)OCC[N+](C)(C)C)NC(=O)CCCCC/C=C/C/C=C/C/C=C/C/C=C/CC. The molecule has 0 spiro atoms. The van der Waals surface area contributed by atoms with E-state index >= 15 is 0 Å². The number of likely N-dealkylation sites (N-methyl/N-ethyl adjacent to an activating group) is 1. The van der Waals surface area contributed by atoms with Gasteiger partial charge in [0.1, 0.15) is 19.3 Å². The summed E-state index contributed by atoms with van der Waals surface area (Å²) >= 11 is 0. The predicted molar refractivity (Wildman–Crippen MR) is 355 cm³/mol. The minimum absolute atomic E-state index is 0.0254. The molecule has 1 amide bonds. The molecule has 0 radical (unpaired) electrons. The van der Waals surface area contributed by atoms with E-state index in [0.29, 0.717) is 17.4 Å². The van der Waals surface area contributed by atoms with E-state index < -0.39 is 20.0 Å². The van der Waals surface area contributed by atoms with Crippen LogP contribution in [0.25, 0.3) is 0 Å². The maximum absolute atomic E-state index is 13.6. The predicted octanol–water partition coefficient (Wildman–Crippen LogP) is 20.8. The molecular formula is C72H124N2O7P+. The molecule has 0 saturated heterocycles. The molecule has 0 aromatic heterocycles. The van der Waals surface area contributed by atoms with Gasteiger partial charge in [-0.05, 0) is 122 Å². The lowest BCUT2D eigenvalue weighted by atomic mass is 10.0. The Kier molecular flexibility index (Phi) is 57.4. The fourth-order valence-corrected chi connectivity index (χ4v) is 9.55. The highest BCUT2D eigenvalue weighted by atomic mass is 31.2. The van der Waals surface area contributed by atoms with Gasteiger partial charge in [0.05, 0.1) is 33.8 Å². The van der Waals surface area contributed by atoms with Crippen molar-refractivity contribution in [1.82, 2.24) is 5.32 Å². The maximum atomic E-state index is 13.6. The highest BCUT2D eigenvalue weighted by Gasteiger charge is 2.30. The molecule has 0 saturated carbocycles. The number of phosphoric acid groups is 1. The molecule has 0 bridgehead atoms. The van der Waals surface area contributed by atoms with Gasteiger partial charge in [-0.2, -0.15) is 0 Å². The lowest BCUT2D eigenvalue weighted by molar-refractivity contribution is -0.870. The first-order chi connectivity index (χ1) is 39.9. The van der Waals surface area contributed by atoms with Crippen LogP contribution in [0.15, 0.2) is 134 Å². The summed E-state index contributed by atoms with van der Waals surface area (Å²) in [6.45, 7) is 6.74. The molecule has 3 unspecified atom stereocenters. The molecule has 0 aliphatic carbocycles. The quantitative estimate of drug-likeness (QED) is 0.0205. The Balaban J connectivity index is 5.22. The maximum Gasteiger partial charge on any atom is 0.472 e. The summed E-state index contributed by atoms with van der Waals surface area (Å²) < 4.78 is 30.7. The number of ether oxygens (including phenoxy) is 1. The smallest absolute Gasteiger partial charge is 0.456 e. The summed E-state index contributed by atoms with van der Waals surface area (Å²) in [5.74, 6) is -0.558. The fourth-order valence-electron chi connectivity index (χ4n) is 8.82. The first kappa shape index (κ1) is 78.1. The number of nitrogens with one attached hydrogen (secondary N) is 1. The van der Waals surface area contributed by atoms with Crippen LogP contribution in [0.4, 0.5) is 0 Å². The molecule has 9 nitrogen and oxygen atoms in total. The largest absolute Gasteiger partial charge is 0.472 e. The highest BCUT2D eigenvalue weighted by Crippen LogP contribution is 2.43. The third-order valence-corrected chi connectivity index (χ3v) is 14.8. The number of unbranched alkanes of at least 4 members (excludes halogenated alkanes) is 22. The first-order valence-corrected chi connectivity index (χ1v) is 34.5. The number of esters is 1. The van der Waals surface area contributed by atoms with Crippen molar-refractivity contribution >= 4 is 19.7 Å². The molecule has 0 aliphatic rings. The lowest BCUT2D eigenvalue weighted by Gasteiger charge is -2.27.